The van der Waals surface area contributed by atoms with Gasteiger partial charge in [0, 0.05) is 6.42 Å². The summed E-state index contributed by atoms with van der Waals surface area (Å²) in [4.78, 5) is 0.502. The average molecular weight is 243 g/mol. The summed E-state index contributed by atoms with van der Waals surface area (Å²) in [5, 5.41) is 0. The highest BCUT2D eigenvalue weighted by Crippen LogP contribution is 2.21. The van der Waals surface area contributed by atoms with E-state index in [1.165, 1.54) is 0 Å². The molecule has 2 N–H and O–H groups in total. The zero-order valence-corrected chi connectivity index (χ0v) is 10.1. The molecule has 0 aliphatic rings. The lowest BCUT2D eigenvalue weighted by Gasteiger charge is -2.06. The molecule has 0 aliphatic heterocycles. The predicted molar refractivity (Wildman–Crippen MR) is 73.4 cm³/mol. The zero-order chi connectivity index (χ0) is 12.1. The van der Waals surface area contributed by atoms with Crippen molar-refractivity contribution >= 4 is 17.2 Å². The summed E-state index contributed by atoms with van der Waals surface area (Å²) < 4.78 is 5.67. The molecule has 0 saturated carbocycles. The molecule has 0 heterocycles. The fourth-order valence-electron chi connectivity index (χ4n) is 1.50. The van der Waals surface area contributed by atoms with Gasteiger partial charge in [-0.1, -0.05) is 42.5 Å². The highest BCUT2D eigenvalue weighted by atomic mass is 32.1. The van der Waals surface area contributed by atoms with Crippen LogP contribution in [-0.2, 0) is 6.42 Å². The van der Waals surface area contributed by atoms with Gasteiger partial charge in [0.1, 0.15) is 11.5 Å². The van der Waals surface area contributed by atoms with Gasteiger partial charge in [0.05, 0.1) is 4.99 Å². The van der Waals surface area contributed by atoms with E-state index in [9.17, 15) is 0 Å². The minimum Gasteiger partial charge on any atom is -0.457 e. The van der Waals surface area contributed by atoms with Crippen LogP contribution < -0.4 is 10.5 Å². The Kier molecular flexibility index (Phi) is 3.73. The van der Waals surface area contributed by atoms with Gasteiger partial charge in [-0.05, 0) is 29.8 Å². The first-order valence-corrected chi connectivity index (χ1v) is 5.75. The summed E-state index contributed by atoms with van der Waals surface area (Å²) in [5.41, 5.74) is 6.58. The Bertz CT molecular complexity index is 493. The van der Waals surface area contributed by atoms with Crippen LogP contribution in [-0.4, -0.2) is 4.99 Å². The molecule has 0 spiro atoms. The Hall–Kier alpha value is -1.87. The molecule has 2 aromatic carbocycles. The first kappa shape index (κ1) is 11.6. The molecule has 0 aromatic heterocycles. The third kappa shape index (κ3) is 3.57. The number of ether oxygens (including phenoxy) is 1. The maximum Gasteiger partial charge on any atom is 0.127 e. The molecule has 86 valence electrons. The van der Waals surface area contributed by atoms with Crippen molar-refractivity contribution in [3.8, 4) is 11.5 Å². The van der Waals surface area contributed by atoms with Crippen LogP contribution in [0.15, 0.2) is 54.6 Å². The van der Waals surface area contributed by atoms with E-state index in [1.54, 1.807) is 0 Å². The number of hydrogen-bond acceptors (Lipinski definition) is 2. The minimum absolute atomic E-state index is 0.502. The average Bonchev–Trinajstić information content (AvgIpc) is 2.32. The number of benzene rings is 2. The third-order valence-corrected chi connectivity index (χ3v) is 2.42. The van der Waals surface area contributed by atoms with Gasteiger partial charge >= 0.3 is 0 Å². The number of rotatable bonds is 4. The van der Waals surface area contributed by atoms with Crippen LogP contribution in [0.3, 0.4) is 0 Å². The van der Waals surface area contributed by atoms with E-state index < -0.39 is 0 Å². The zero-order valence-electron chi connectivity index (χ0n) is 9.30. The lowest BCUT2D eigenvalue weighted by Crippen LogP contribution is -2.10. The van der Waals surface area contributed by atoms with Crippen LogP contribution in [0.25, 0.3) is 0 Å². The van der Waals surface area contributed by atoms with Crippen molar-refractivity contribution in [2.24, 2.45) is 5.73 Å². The first-order chi connectivity index (χ1) is 8.24. The van der Waals surface area contributed by atoms with E-state index in [0.717, 1.165) is 17.1 Å². The largest absolute Gasteiger partial charge is 0.457 e. The van der Waals surface area contributed by atoms with E-state index in [2.05, 4.69) is 0 Å². The Morgan fingerprint density at radius 2 is 1.53 bits per heavy atom. The molecular weight excluding hydrogens is 230 g/mol. The number of nitrogens with two attached hydrogens (primary N) is 1. The highest BCUT2D eigenvalue weighted by Gasteiger charge is 1.98. The standard InChI is InChI=1S/C14H13NOS/c15-14(17)10-11-6-8-13(9-7-11)16-12-4-2-1-3-5-12/h1-9H,10H2,(H2,15,17). The summed E-state index contributed by atoms with van der Waals surface area (Å²) in [6.45, 7) is 0. The SMILES string of the molecule is NC(=S)Cc1ccc(Oc2ccccc2)cc1. The molecule has 3 heteroatoms. The normalized spacial score (nSPS) is 9.88. The lowest BCUT2D eigenvalue weighted by atomic mass is 10.1. The third-order valence-electron chi connectivity index (χ3n) is 2.28. The lowest BCUT2D eigenvalue weighted by molar-refractivity contribution is 0.482. The van der Waals surface area contributed by atoms with Crippen LogP contribution in [0.2, 0.25) is 0 Å². The van der Waals surface area contributed by atoms with Gasteiger partial charge in [0.25, 0.3) is 0 Å². The van der Waals surface area contributed by atoms with Gasteiger partial charge in [-0.25, -0.2) is 0 Å². The quantitative estimate of drug-likeness (QED) is 0.837. The second-order valence-electron chi connectivity index (χ2n) is 3.70. The van der Waals surface area contributed by atoms with Gasteiger partial charge in [0.15, 0.2) is 0 Å². The molecule has 0 radical (unpaired) electrons. The van der Waals surface area contributed by atoms with E-state index in [0.29, 0.717) is 11.4 Å². The summed E-state index contributed by atoms with van der Waals surface area (Å²) in [6.07, 6.45) is 0.626. The molecule has 0 unspecified atom stereocenters. The first-order valence-electron chi connectivity index (χ1n) is 5.34. The van der Waals surface area contributed by atoms with E-state index >= 15 is 0 Å². The Morgan fingerprint density at radius 3 is 2.12 bits per heavy atom. The van der Waals surface area contributed by atoms with Crippen molar-refractivity contribution in [3.05, 3.63) is 60.2 Å². The molecule has 2 nitrogen and oxygen atoms in total. The summed E-state index contributed by atoms with van der Waals surface area (Å²) in [7, 11) is 0. The molecular formula is C14H13NOS. The highest BCUT2D eigenvalue weighted by molar-refractivity contribution is 7.80. The van der Waals surface area contributed by atoms with Gasteiger partial charge in [-0.15, -0.1) is 0 Å². The summed E-state index contributed by atoms with van der Waals surface area (Å²) >= 11 is 4.86. The van der Waals surface area contributed by atoms with Gasteiger partial charge in [-0.2, -0.15) is 0 Å². The monoisotopic (exact) mass is 243 g/mol. The van der Waals surface area contributed by atoms with Crippen molar-refractivity contribution < 1.29 is 4.74 Å². The second kappa shape index (κ2) is 5.46. The molecule has 0 atom stereocenters. The Morgan fingerprint density at radius 1 is 0.941 bits per heavy atom. The molecule has 2 aromatic rings. The Labute approximate surface area is 106 Å². The fourth-order valence-corrected chi connectivity index (χ4v) is 1.67. The van der Waals surface area contributed by atoms with Crippen LogP contribution in [0, 0.1) is 0 Å². The number of hydrogen-bond donors (Lipinski definition) is 1. The molecule has 0 fully saturated rings. The summed E-state index contributed by atoms with van der Waals surface area (Å²) in [6, 6.07) is 17.5. The van der Waals surface area contributed by atoms with Gasteiger partial charge in [0.2, 0.25) is 0 Å². The summed E-state index contributed by atoms with van der Waals surface area (Å²) in [5.74, 6) is 1.64. The Balaban J connectivity index is 2.06. The van der Waals surface area contributed by atoms with Gasteiger partial charge in [-0.3, -0.25) is 0 Å². The molecule has 2 rings (SSSR count). The van der Waals surface area contributed by atoms with Crippen LogP contribution >= 0.6 is 12.2 Å². The molecule has 0 bridgehead atoms. The molecule has 17 heavy (non-hydrogen) atoms. The smallest absolute Gasteiger partial charge is 0.127 e. The minimum atomic E-state index is 0.502. The number of thiocarbonyl (C=S) groups is 1. The van der Waals surface area contributed by atoms with Crippen molar-refractivity contribution in [2.45, 2.75) is 6.42 Å². The van der Waals surface area contributed by atoms with Crippen LogP contribution in [0.5, 0.6) is 11.5 Å². The predicted octanol–water partition coefficient (Wildman–Crippen LogP) is 3.31. The number of para-hydroxylation sites is 1. The second-order valence-corrected chi connectivity index (χ2v) is 4.23. The van der Waals surface area contributed by atoms with Crippen molar-refractivity contribution in [1.82, 2.24) is 0 Å². The maximum atomic E-state index is 5.67. The molecule has 0 amide bonds. The van der Waals surface area contributed by atoms with Crippen molar-refractivity contribution in [1.29, 1.82) is 0 Å². The van der Waals surface area contributed by atoms with E-state index in [4.69, 9.17) is 22.7 Å². The molecule has 0 aliphatic carbocycles. The van der Waals surface area contributed by atoms with Crippen molar-refractivity contribution in [2.75, 3.05) is 0 Å². The van der Waals surface area contributed by atoms with E-state index in [-0.39, 0.29) is 0 Å². The van der Waals surface area contributed by atoms with E-state index in [1.807, 2.05) is 54.6 Å². The van der Waals surface area contributed by atoms with Crippen LogP contribution in [0.4, 0.5) is 0 Å². The maximum absolute atomic E-state index is 5.67. The topological polar surface area (TPSA) is 35.2 Å². The molecule has 0 saturated heterocycles. The van der Waals surface area contributed by atoms with Crippen LogP contribution in [0.1, 0.15) is 5.56 Å². The fraction of sp³-hybridized carbons (Fsp3) is 0.0714. The van der Waals surface area contributed by atoms with Gasteiger partial charge < -0.3 is 10.5 Å². The van der Waals surface area contributed by atoms with Crippen molar-refractivity contribution in [3.63, 3.8) is 0 Å².